The van der Waals surface area contributed by atoms with Gasteiger partial charge in [-0.15, -0.1) is 5.10 Å². The van der Waals surface area contributed by atoms with E-state index >= 15 is 0 Å². The van der Waals surface area contributed by atoms with Gasteiger partial charge >= 0.3 is 11.9 Å². The Morgan fingerprint density at radius 3 is 2.24 bits per heavy atom. The summed E-state index contributed by atoms with van der Waals surface area (Å²) in [5.74, 6) is -1.60. The molecule has 0 fully saturated rings. The molecule has 3 rings (SSSR count). The molecule has 1 atom stereocenters. The highest BCUT2D eigenvalue weighted by atomic mass is 16.5. The predicted molar refractivity (Wildman–Crippen MR) is 120 cm³/mol. The Hall–Kier alpha value is -4.01. The molecular weight excluding hydrogens is 424 g/mol. The zero-order valence-corrected chi connectivity index (χ0v) is 18.7. The van der Waals surface area contributed by atoms with Crippen LogP contribution in [0.3, 0.4) is 0 Å². The van der Waals surface area contributed by atoms with E-state index in [0.29, 0.717) is 12.2 Å². The van der Waals surface area contributed by atoms with Gasteiger partial charge in [-0.05, 0) is 24.5 Å². The zero-order chi connectivity index (χ0) is 23.8. The Labute approximate surface area is 191 Å². The molecule has 172 valence electrons. The van der Waals surface area contributed by atoms with E-state index in [-0.39, 0.29) is 11.7 Å². The maximum Gasteiger partial charge on any atom is 0.378 e. The quantitative estimate of drug-likeness (QED) is 0.499. The largest absolute Gasteiger partial charge is 0.467 e. The monoisotopic (exact) mass is 450 g/mol. The van der Waals surface area contributed by atoms with Crippen molar-refractivity contribution in [2.45, 2.75) is 26.3 Å². The average Bonchev–Trinajstić information content (AvgIpc) is 3.28. The summed E-state index contributed by atoms with van der Waals surface area (Å²) >= 11 is 0. The van der Waals surface area contributed by atoms with Crippen LogP contribution in [0, 0.1) is 5.92 Å². The van der Waals surface area contributed by atoms with Crippen molar-refractivity contribution < 1.29 is 23.9 Å². The van der Waals surface area contributed by atoms with E-state index in [1.54, 1.807) is 4.68 Å². The van der Waals surface area contributed by atoms with Crippen LogP contribution in [-0.4, -0.2) is 52.4 Å². The number of methoxy groups -OCH3 is 1. The smallest absolute Gasteiger partial charge is 0.378 e. The van der Waals surface area contributed by atoms with Crippen LogP contribution in [0.4, 0.5) is 0 Å². The number of benzene rings is 2. The molecule has 1 heterocycles. The fraction of sp³-hybridized carbons (Fsp3) is 0.292. The molecule has 1 unspecified atom stereocenters. The van der Waals surface area contributed by atoms with Crippen molar-refractivity contribution in [3.63, 3.8) is 0 Å². The van der Waals surface area contributed by atoms with Crippen molar-refractivity contribution in [2.75, 3.05) is 13.7 Å². The summed E-state index contributed by atoms with van der Waals surface area (Å²) in [6.07, 6.45) is 0.399. The molecular formula is C24H26N4O5. The normalized spacial score (nSPS) is 11.6. The van der Waals surface area contributed by atoms with E-state index in [0.717, 1.165) is 11.3 Å². The molecule has 0 spiro atoms. The molecule has 0 radical (unpaired) electrons. The second-order valence-electron chi connectivity index (χ2n) is 7.72. The second-order valence-corrected chi connectivity index (χ2v) is 7.72. The van der Waals surface area contributed by atoms with Gasteiger partial charge in [0.05, 0.1) is 12.8 Å². The SMILES string of the molecule is COC(=O)C(CC(C)C)NC(=O)COC(=O)c1nc(-c2ccccc2)n(-c2ccccc2)n1. The summed E-state index contributed by atoms with van der Waals surface area (Å²) in [5.41, 5.74) is 1.48. The highest BCUT2D eigenvalue weighted by Gasteiger charge is 2.24. The van der Waals surface area contributed by atoms with Gasteiger partial charge in [-0.3, -0.25) is 4.79 Å². The Bertz CT molecular complexity index is 1040. The molecule has 1 aromatic heterocycles. The number of ether oxygens (including phenoxy) is 2. The van der Waals surface area contributed by atoms with Crippen LogP contribution >= 0.6 is 0 Å². The minimum Gasteiger partial charge on any atom is -0.467 e. The molecule has 0 saturated carbocycles. The minimum atomic E-state index is -0.851. The lowest BCUT2D eigenvalue weighted by atomic mass is 10.0. The van der Waals surface area contributed by atoms with Crippen molar-refractivity contribution in [1.82, 2.24) is 20.1 Å². The van der Waals surface area contributed by atoms with Gasteiger partial charge in [-0.25, -0.2) is 19.3 Å². The number of carbonyl (C=O) groups excluding carboxylic acids is 3. The van der Waals surface area contributed by atoms with Gasteiger partial charge in [0.15, 0.2) is 12.4 Å². The lowest BCUT2D eigenvalue weighted by molar-refractivity contribution is -0.145. The molecule has 33 heavy (non-hydrogen) atoms. The summed E-state index contributed by atoms with van der Waals surface area (Å²) in [5, 5.41) is 6.84. The van der Waals surface area contributed by atoms with Gasteiger partial charge in [0.2, 0.25) is 0 Å². The molecule has 1 amide bonds. The second kappa shape index (κ2) is 11.0. The maximum atomic E-state index is 12.6. The van der Waals surface area contributed by atoms with E-state index in [2.05, 4.69) is 15.4 Å². The van der Waals surface area contributed by atoms with Gasteiger partial charge < -0.3 is 14.8 Å². The van der Waals surface area contributed by atoms with E-state index in [4.69, 9.17) is 9.47 Å². The number of amides is 1. The van der Waals surface area contributed by atoms with Crippen molar-refractivity contribution in [3.8, 4) is 17.1 Å². The number of aromatic nitrogens is 3. The Kier molecular flexibility index (Phi) is 7.91. The first-order valence-corrected chi connectivity index (χ1v) is 10.5. The van der Waals surface area contributed by atoms with E-state index in [9.17, 15) is 14.4 Å². The van der Waals surface area contributed by atoms with Crippen LogP contribution in [0.1, 0.15) is 30.9 Å². The summed E-state index contributed by atoms with van der Waals surface area (Å²) < 4.78 is 11.4. The van der Waals surface area contributed by atoms with E-state index < -0.39 is 30.5 Å². The molecule has 0 aliphatic carbocycles. The van der Waals surface area contributed by atoms with Crippen molar-refractivity contribution >= 4 is 17.8 Å². The van der Waals surface area contributed by atoms with Crippen LogP contribution in [-0.2, 0) is 19.1 Å². The molecule has 0 saturated heterocycles. The molecule has 0 aliphatic heterocycles. The molecule has 1 N–H and O–H groups in total. The maximum absolute atomic E-state index is 12.6. The Balaban J connectivity index is 1.74. The van der Waals surface area contributed by atoms with Gasteiger partial charge in [0.1, 0.15) is 6.04 Å². The summed E-state index contributed by atoms with van der Waals surface area (Å²) in [7, 11) is 1.25. The standard InChI is InChI=1S/C24H26N4O5/c1-16(2)14-19(23(30)32-3)25-20(29)15-33-24(31)21-26-22(17-10-6-4-7-11-17)28(27-21)18-12-8-5-9-13-18/h4-13,16,19H,14-15H2,1-3H3,(H,25,29). The van der Waals surface area contributed by atoms with E-state index in [1.165, 1.54) is 7.11 Å². The molecule has 0 bridgehead atoms. The number of nitrogens with zero attached hydrogens (tertiary/aromatic N) is 3. The highest BCUT2D eigenvalue weighted by molar-refractivity contribution is 5.90. The van der Waals surface area contributed by atoms with Gasteiger partial charge in [-0.1, -0.05) is 62.4 Å². The van der Waals surface area contributed by atoms with Crippen molar-refractivity contribution in [2.24, 2.45) is 5.92 Å². The van der Waals surface area contributed by atoms with Crippen LogP contribution in [0.15, 0.2) is 60.7 Å². The molecule has 0 aliphatic rings. The minimum absolute atomic E-state index is 0.152. The number of hydrogen-bond acceptors (Lipinski definition) is 7. The van der Waals surface area contributed by atoms with Crippen LogP contribution in [0.5, 0.6) is 0 Å². The average molecular weight is 450 g/mol. The predicted octanol–water partition coefficient (Wildman–Crippen LogP) is 2.80. The summed E-state index contributed by atoms with van der Waals surface area (Å²) in [4.78, 5) is 41.1. The third-order valence-corrected chi connectivity index (χ3v) is 4.68. The lowest BCUT2D eigenvalue weighted by Crippen LogP contribution is -2.44. The van der Waals surface area contributed by atoms with Crippen molar-refractivity contribution in [3.05, 3.63) is 66.5 Å². The topological polar surface area (TPSA) is 112 Å². The van der Waals surface area contributed by atoms with E-state index in [1.807, 2.05) is 74.5 Å². The fourth-order valence-corrected chi connectivity index (χ4v) is 3.18. The lowest BCUT2D eigenvalue weighted by Gasteiger charge is -2.18. The van der Waals surface area contributed by atoms with Crippen LogP contribution in [0.25, 0.3) is 17.1 Å². The number of esters is 2. The first-order valence-electron chi connectivity index (χ1n) is 10.5. The van der Waals surface area contributed by atoms with Gasteiger partial charge in [0, 0.05) is 5.56 Å². The molecule has 2 aromatic carbocycles. The highest BCUT2D eigenvalue weighted by Crippen LogP contribution is 2.21. The first-order chi connectivity index (χ1) is 15.9. The third kappa shape index (κ3) is 6.25. The summed E-state index contributed by atoms with van der Waals surface area (Å²) in [6.45, 7) is 3.26. The zero-order valence-electron chi connectivity index (χ0n) is 18.7. The fourth-order valence-electron chi connectivity index (χ4n) is 3.18. The number of carbonyl (C=O) groups is 3. The molecule has 9 heteroatoms. The van der Waals surface area contributed by atoms with Crippen molar-refractivity contribution in [1.29, 1.82) is 0 Å². The number of nitrogens with one attached hydrogen (secondary N) is 1. The van der Waals surface area contributed by atoms with Crippen LogP contribution in [0.2, 0.25) is 0 Å². The van der Waals surface area contributed by atoms with Gasteiger partial charge in [-0.2, -0.15) is 0 Å². The number of rotatable bonds is 9. The van der Waals surface area contributed by atoms with Gasteiger partial charge in [0.25, 0.3) is 11.7 Å². The Morgan fingerprint density at radius 2 is 1.64 bits per heavy atom. The number of para-hydroxylation sites is 1. The molecule has 9 nitrogen and oxygen atoms in total. The summed E-state index contributed by atoms with van der Waals surface area (Å²) in [6, 6.07) is 17.7. The third-order valence-electron chi connectivity index (χ3n) is 4.68. The Morgan fingerprint density at radius 1 is 1.00 bits per heavy atom. The van der Waals surface area contributed by atoms with Crippen LogP contribution < -0.4 is 5.32 Å². The molecule has 3 aromatic rings. The number of hydrogen-bond donors (Lipinski definition) is 1. The first kappa shape index (κ1) is 23.6.